The molecule has 6 heteroatoms. The van der Waals surface area contributed by atoms with Crippen LogP contribution in [0.3, 0.4) is 0 Å². The molecule has 2 aromatic carbocycles. The molecule has 0 saturated carbocycles. The number of carbonyl (C=O) groups excluding carboxylic acids is 1. The lowest BCUT2D eigenvalue weighted by atomic mass is 10.1. The molecule has 0 unspecified atom stereocenters. The molecular weight excluding hydrogens is 365 g/mol. The van der Waals surface area contributed by atoms with Gasteiger partial charge in [-0.2, -0.15) is 0 Å². The van der Waals surface area contributed by atoms with Crippen LogP contribution in [-0.4, -0.2) is 20.0 Å². The monoisotopic (exact) mass is 379 g/mol. The molecule has 1 N–H and O–H groups in total. The van der Waals surface area contributed by atoms with Gasteiger partial charge < -0.3 is 14.8 Å². The minimum absolute atomic E-state index is 0.244. The molecule has 2 rings (SSSR count). The van der Waals surface area contributed by atoms with E-state index in [2.05, 4.69) is 21.2 Å². The van der Waals surface area contributed by atoms with E-state index >= 15 is 0 Å². The topological polar surface area (TPSA) is 47.6 Å². The van der Waals surface area contributed by atoms with Gasteiger partial charge in [0.1, 0.15) is 17.3 Å². The number of nitrogens with one attached hydrogen (secondary N) is 1. The Balaban J connectivity index is 2.15. The second-order valence-corrected chi connectivity index (χ2v) is 5.39. The Bertz CT molecular complexity index is 747. The van der Waals surface area contributed by atoms with Crippen LogP contribution in [0.2, 0.25) is 0 Å². The predicted molar refractivity (Wildman–Crippen MR) is 90.7 cm³/mol. The van der Waals surface area contributed by atoms with Crippen LogP contribution >= 0.6 is 15.9 Å². The van der Waals surface area contributed by atoms with Gasteiger partial charge in [-0.3, -0.25) is 4.79 Å². The van der Waals surface area contributed by atoms with E-state index in [-0.39, 0.29) is 11.6 Å². The lowest BCUT2D eigenvalue weighted by molar-refractivity contribution is 0.104. The van der Waals surface area contributed by atoms with Crippen molar-refractivity contribution in [3.8, 4) is 11.5 Å². The fraction of sp³-hybridized carbons (Fsp3) is 0.118. The van der Waals surface area contributed by atoms with Crippen molar-refractivity contribution in [2.24, 2.45) is 0 Å². The highest BCUT2D eigenvalue weighted by Crippen LogP contribution is 2.25. The van der Waals surface area contributed by atoms with Gasteiger partial charge in [-0.05, 0) is 52.3 Å². The molecule has 0 fully saturated rings. The number of methoxy groups -OCH3 is 2. The molecule has 0 atom stereocenters. The van der Waals surface area contributed by atoms with E-state index in [1.54, 1.807) is 24.3 Å². The van der Waals surface area contributed by atoms with E-state index in [9.17, 15) is 9.18 Å². The summed E-state index contributed by atoms with van der Waals surface area (Å²) in [6.45, 7) is 0. The number of halogens is 2. The average Bonchev–Trinajstić information content (AvgIpc) is 2.56. The number of ether oxygens (including phenoxy) is 2. The van der Waals surface area contributed by atoms with Crippen LogP contribution in [0.15, 0.2) is 53.1 Å². The van der Waals surface area contributed by atoms with Crippen molar-refractivity contribution in [3.05, 3.63) is 64.5 Å². The predicted octanol–water partition coefficient (Wildman–Crippen LogP) is 4.41. The molecule has 0 bridgehead atoms. The molecule has 0 spiro atoms. The number of rotatable bonds is 6. The SMILES string of the molecule is COc1ccc(OC)c(C(=O)/C=C/Nc2ccc(F)cc2Br)c1. The van der Waals surface area contributed by atoms with Crippen molar-refractivity contribution in [1.29, 1.82) is 0 Å². The summed E-state index contributed by atoms with van der Waals surface area (Å²) in [4.78, 5) is 12.3. The van der Waals surface area contributed by atoms with Crippen molar-refractivity contribution in [1.82, 2.24) is 0 Å². The second kappa shape index (κ2) is 7.78. The van der Waals surface area contributed by atoms with Crippen LogP contribution in [-0.2, 0) is 0 Å². The number of carbonyl (C=O) groups is 1. The van der Waals surface area contributed by atoms with Crippen molar-refractivity contribution in [2.75, 3.05) is 19.5 Å². The Hall–Kier alpha value is -2.34. The average molecular weight is 380 g/mol. The number of hydrogen-bond acceptors (Lipinski definition) is 4. The molecule has 0 radical (unpaired) electrons. The summed E-state index contributed by atoms with van der Waals surface area (Å²) in [5.41, 5.74) is 1.04. The van der Waals surface area contributed by atoms with Crippen LogP contribution in [0.5, 0.6) is 11.5 Å². The zero-order valence-electron chi connectivity index (χ0n) is 12.6. The summed E-state index contributed by atoms with van der Waals surface area (Å²) in [7, 11) is 3.02. The van der Waals surface area contributed by atoms with Gasteiger partial charge in [0.25, 0.3) is 0 Å². The quantitative estimate of drug-likeness (QED) is 0.596. The molecule has 2 aromatic rings. The molecule has 0 heterocycles. The Morgan fingerprint density at radius 1 is 1.17 bits per heavy atom. The minimum Gasteiger partial charge on any atom is -0.497 e. The van der Waals surface area contributed by atoms with Crippen molar-refractivity contribution < 1.29 is 18.7 Å². The standard InChI is InChI=1S/C17H15BrFNO3/c1-22-12-4-6-17(23-2)13(10-12)16(21)7-8-20-15-5-3-11(19)9-14(15)18/h3-10,20H,1-2H3/b8-7+. The van der Waals surface area contributed by atoms with E-state index < -0.39 is 0 Å². The molecule has 0 aliphatic carbocycles. The maximum Gasteiger partial charge on any atom is 0.191 e. The van der Waals surface area contributed by atoms with E-state index in [1.165, 1.54) is 38.6 Å². The largest absolute Gasteiger partial charge is 0.497 e. The van der Waals surface area contributed by atoms with Crippen molar-refractivity contribution >= 4 is 27.4 Å². The van der Waals surface area contributed by atoms with Crippen LogP contribution in [0.4, 0.5) is 10.1 Å². The van der Waals surface area contributed by atoms with Gasteiger partial charge >= 0.3 is 0 Å². The number of anilines is 1. The summed E-state index contributed by atoms with van der Waals surface area (Å²) in [6, 6.07) is 9.23. The zero-order chi connectivity index (χ0) is 16.8. The van der Waals surface area contributed by atoms with Gasteiger partial charge in [0.15, 0.2) is 5.78 Å². The van der Waals surface area contributed by atoms with Gasteiger partial charge in [0.05, 0.1) is 25.5 Å². The maximum atomic E-state index is 13.0. The Morgan fingerprint density at radius 3 is 2.61 bits per heavy atom. The number of benzene rings is 2. The molecular formula is C17H15BrFNO3. The van der Waals surface area contributed by atoms with Crippen molar-refractivity contribution in [2.45, 2.75) is 0 Å². The molecule has 120 valence electrons. The first-order valence-corrected chi connectivity index (χ1v) is 7.49. The van der Waals surface area contributed by atoms with E-state index in [1.807, 2.05) is 0 Å². The van der Waals surface area contributed by atoms with Gasteiger partial charge in [-0.25, -0.2) is 4.39 Å². The molecule has 0 aromatic heterocycles. The Kier molecular flexibility index (Phi) is 5.76. The lowest BCUT2D eigenvalue weighted by Crippen LogP contribution is -2.01. The highest BCUT2D eigenvalue weighted by atomic mass is 79.9. The fourth-order valence-corrected chi connectivity index (χ4v) is 2.38. The van der Waals surface area contributed by atoms with E-state index in [0.29, 0.717) is 27.2 Å². The van der Waals surface area contributed by atoms with Gasteiger partial charge in [0, 0.05) is 16.7 Å². The first kappa shape index (κ1) is 17.0. The highest BCUT2D eigenvalue weighted by molar-refractivity contribution is 9.10. The summed E-state index contributed by atoms with van der Waals surface area (Å²) in [6.07, 6.45) is 2.85. The van der Waals surface area contributed by atoms with E-state index in [4.69, 9.17) is 9.47 Å². The summed E-state index contributed by atoms with van der Waals surface area (Å²) >= 11 is 3.24. The third-order valence-electron chi connectivity index (χ3n) is 3.08. The maximum absolute atomic E-state index is 13.0. The summed E-state index contributed by atoms with van der Waals surface area (Å²) in [5, 5.41) is 2.92. The third kappa shape index (κ3) is 4.32. The summed E-state index contributed by atoms with van der Waals surface area (Å²) in [5.74, 6) is 0.440. The van der Waals surface area contributed by atoms with Crippen LogP contribution in [0.1, 0.15) is 10.4 Å². The lowest BCUT2D eigenvalue weighted by Gasteiger charge is -2.08. The van der Waals surface area contributed by atoms with Crippen LogP contribution < -0.4 is 14.8 Å². The minimum atomic E-state index is -0.344. The fourth-order valence-electron chi connectivity index (χ4n) is 1.91. The molecule has 0 aliphatic rings. The first-order chi connectivity index (χ1) is 11.0. The number of hydrogen-bond donors (Lipinski definition) is 1. The molecule has 0 aliphatic heterocycles. The second-order valence-electron chi connectivity index (χ2n) is 4.53. The van der Waals surface area contributed by atoms with E-state index in [0.717, 1.165) is 0 Å². The number of allylic oxidation sites excluding steroid dienone is 1. The van der Waals surface area contributed by atoms with Crippen molar-refractivity contribution in [3.63, 3.8) is 0 Å². The molecule has 4 nitrogen and oxygen atoms in total. The van der Waals surface area contributed by atoms with Crippen LogP contribution in [0.25, 0.3) is 0 Å². The molecule has 23 heavy (non-hydrogen) atoms. The Labute approximate surface area is 142 Å². The van der Waals surface area contributed by atoms with Gasteiger partial charge in [-0.1, -0.05) is 0 Å². The van der Waals surface area contributed by atoms with Gasteiger partial charge in [0.2, 0.25) is 0 Å². The highest BCUT2D eigenvalue weighted by Gasteiger charge is 2.11. The molecule has 0 amide bonds. The normalized spacial score (nSPS) is 10.6. The smallest absolute Gasteiger partial charge is 0.191 e. The third-order valence-corrected chi connectivity index (χ3v) is 3.73. The zero-order valence-corrected chi connectivity index (χ0v) is 14.2. The summed E-state index contributed by atoms with van der Waals surface area (Å²) < 4.78 is 23.9. The first-order valence-electron chi connectivity index (χ1n) is 6.69. The number of ketones is 1. The van der Waals surface area contributed by atoms with Crippen LogP contribution in [0, 0.1) is 5.82 Å². The Morgan fingerprint density at radius 2 is 1.96 bits per heavy atom. The molecule has 0 saturated heterocycles. The van der Waals surface area contributed by atoms with Gasteiger partial charge in [-0.15, -0.1) is 0 Å².